The van der Waals surface area contributed by atoms with E-state index in [-0.39, 0.29) is 24.1 Å². The van der Waals surface area contributed by atoms with E-state index in [0.717, 1.165) is 17.9 Å². The van der Waals surface area contributed by atoms with Gasteiger partial charge in [0.15, 0.2) is 0 Å². The van der Waals surface area contributed by atoms with Gasteiger partial charge in [-0.1, -0.05) is 25.0 Å². The molecule has 1 aromatic carbocycles. The number of nitrogens with one attached hydrogen (secondary N) is 2. The smallest absolute Gasteiger partial charge is 0.255 e. The number of hydrogen-bond donors (Lipinski definition) is 2. The van der Waals surface area contributed by atoms with Crippen molar-refractivity contribution >= 4 is 17.7 Å². The second-order valence-electron chi connectivity index (χ2n) is 10.0. The molecule has 2 aliphatic carbocycles. The fourth-order valence-electron chi connectivity index (χ4n) is 5.80. The van der Waals surface area contributed by atoms with Crippen molar-refractivity contribution in [3.63, 3.8) is 0 Å². The Bertz CT molecular complexity index is 894. The standard InChI is InChI=1S/C25H33N3O3/c1-15(17-7-8-17)26-21-5-3-2-4-18(21)12-16-6-9-20-19(13-16)14-28(25(20)31)22-10-11-23(29)27-24(22)30/h6,9,13,15,17-18,21-22,26H,2-5,7-8,10-12,14H2,1H3,(H,27,29,30)/t15?,18-,21+,22?/m1/s1. The van der Waals surface area contributed by atoms with E-state index in [1.165, 1.54) is 44.1 Å². The maximum atomic E-state index is 12.9. The van der Waals surface area contributed by atoms with Crippen LogP contribution in [0.3, 0.4) is 0 Å². The zero-order valence-corrected chi connectivity index (χ0v) is 18.4. The van der Waals surface area contributed by atoms with Crippen LogP contribution in [-0.4, -0.2) is 40.7 Å². The summed E-state index contributed by atoms with van der Waals surface area (Å²) in [5.41, 5.74) is 3.00. The minimum Gasteiger partial charge on any atom is -0.322 e. The van der Waals surface area contributed by atoms with E-state index < -0.39 is 6.04 Å². The van der Waals surface area contributed by atoms with Gasteiger partial charge in [0, 0.05) is 30.6 Å². The van der Waals surface area contributed by atoms with Gasteiger partial charge >= 0.3 is 0 Å². The number of carbonyl (C=O) groups is 3. The van der Waals surface area contributed by atoms with Crippen LogP contribution in [0.1, 0.15) is 79.8 Å². The van der Waals surface area contributed by atoms with E-state index in [1.807, 2.05) is 6.07 Å². The largest absolute Gasteiger partial charge is 0.322 e. The minimum atomic E-state index is -0.545. The summed E-state index contributed by atoms with van der Waals surface area (Å²) in [5.74, 6) is 0.813. The van der Waals surface area contributed by atoms with Gasteiger partial charge in [0.25, 0.3) is 5.91 Å². The monoisotopic (exact) mass is 423 g/mol. The van der Waals surface area contributed by atoms with Crippen molar-refractivity contribution in [2.45, 2.75) is 89.4 Å². The highest BCUT2D eigenvalue weighted by atomic mass is 16.2. The Morgan fingerprint density at radius 1 is 1.10 bits per heavy atom. The van der Waals surface area contributed by atoms with Gasteiger partial charge in [-0.3, -0.25) is 19.7 Å². The number of fused-ring (bicyclic) bond motifs is 1. The normalized spacial score (nSPS) is 29.6. The molecule has 3 amide bonds. The molecular weight excluding hydrogens is 390 g/mol. The van der Waals surface area contributed by atoms with Crippen LogP contribution >= 0.6 is 0 Å². The third-order valence-electron chi connectivity index (χ3n) is 7.80. The predicted octanol–water partition coefficient (Wildman–Crippen LogP) is 2.94. The average Bonchev–Trinajstić information content (AvgIpc) is 3.55. The minimum absolute atomic E-state index is 0.0912. The second-order valence-corrected chi connectivity index (χ2v) is 10.0. The summed E-state index contributed by atoms with van der Waals surface area (Å²) in [5, 5.41) is 6.31. The van der Waals surface area contributed by atoms with Crippen LogP contribution in [-0.2, 0) is 22.6 Å². The molecule has 31 heavy (non-hydrogen) atoms. The lowest BCUT2D eigenvalue weighted by Crippen LogP contribution is -2.52. The Morgan fingerprint density at radius 2 is 1.90 bits per heavy atom. The Kier molecular flexibility index (Phi) is 5.59. The van der Waals surface area contributed by atoms with Gasteiger partial charge < -0.3 is 10.2 Å². The van der Waals surface area contributed by atoms with Crippen molar-refractivity contribution < 1.29 is 14.4 Å². The number of carbonyl (C=O) groups excluding carboxylic acids is 3. The molecular formula is C25H33N3O3. The van der Waals surface area contributed by atoms with Crippen LogP contribution in [0.5, 0.6) is 0 Å². The highest BCUT2D eigenvalue weighted by Crippen LogP contribution is 2.35. The fraction of sp³-hybridized carbons (Fsp3) is 0.640. The van der Waals surface area contributed by atoms with E-state index in [9.17, 15) is 14.4 Å². The van der Waals surface area contributed by atoms with E-state index in [1.54, 1.807) is 4.90 Å². The number of amides is 3. The predicted molar refractivity (Wildman–Crippen MR) is 117 cm³/mol. The van der Waals surface area contributed by atoms with Crippen molar-refractivity contribution in [1.82, 2.24) is 15.5 Å². The maximum absolute atomic E-state index is 12.9. The first-order chi connectivity index (χ1) is 15.0. The Labute approximate surface area is 184 Å². The first-order valence-corrected chi connectivity index (χ1v) is 12.0. The zero-order valence-electron chi connectivity index (χ0n) is 18.4. The SMILES string of the molecule is CC(N[C@H]1CCCC[C@@H]1Cc1ccc2c(c1)CN(C1CCC(=O)NC1=O)C2=O)C1CC1. The highest BCUT2D eigenvalue weighted by molar-refractivity contribution is 6.05. The topological polar surface area (TPSA) is 78.5 Å². The number of hydrogen-bond acceptors (Lipinski definition) is 4. The molecule has 1 aromatic rings. The van der Waals surface area contributed by atoms with Crippen molar-refractivity contribution in [2.75, 3.05) is 0 Å². The van der Waals surface area contributed by atoms with E-state index in [2.05, 4.69) is 29.7 Å². The molecule has 1 saturated heterocycles. The summed E-state index contributed by atoms with van der Waals surface area (Å²) in [7, 11) is 0. The molecule has 6 heteroatoms. The van der Waals surface area contributed by atoms with Crippen LogP contribution in [0.25, 0.3) is 0 Å². The van der Waals surface area contributed by atoms with Crippen molar-refractivity contribution in [2.24, 2.45) is 11.8 Å². The summed E-state index contributed by atoms with van der Waals surface area (Å²) in [6.07, 6.45) is 9.60. The summed E-state index contributed by atoms with van der Waals surface area (Å²) in [4.78, 5) is 38.3. The quantitative estimate of drug-likeness (QED) is 0.690. The number of rotatable bonds is 6. The van der Waals surface area contributed by atoms with E-state index in [0.29, 0.717) is 36.5 Å². The van der Waals surface area contributed by atoms with E-state index >= 15 is 0 Å². The van der Waals surface area contributed by atoms with Crippen molar-refractivity contribution in [3.05, 3.63) is 34.9 Å². The van der Waals surface area contributed by atoms with E-state index in [4.69, 9.17) is 0 Å². The maximum Gasteiger partial charge on any atom is 0.255 e. The van der Waals surface area contributed by atoms with Gasteiger partial charge in [-0.2, -0.15) is 0 Å². The van der Waals surface area contributed by atoms with Gasteiger partial charge in [0.1, 0.15) is 6.04 Å². The van der Waals surface area contributed by atoms with Gasteiger partial charge in [0.2, 0.25) is 11.8 Å². The van der Waals surface area contributed by atoms with Crippen LogP contribution in [0.4, 0.5) is 0 Å². The molecule has 4 atom stereocenters. The first kappa shape index (κ1) is 20.7. The summed E-state index contributed by atoms with van der Waals surface area (Å²) < 4.78 is 0. The first-order valence-electron chi connectivity index (χ1n) is 12.0. The van der Waals surface area contributed by atoms with Gasteiger partial charge in [0.05, 0.1) is 0 Å². The fourth-order valence-corrected chi connectivity index (χ4v) is 5.80. The third kappa shape index (κ3) is 4.27. The van der Waals surface area contributed by atoms with Crippen LogP contribution < -0.4 is 10.6 Å². The van der Waals surface area contributed by atoms with Crippen LogP contribution in [0.2, 0.25) is 0 Å². The number of imide groups is 1. The molecule has 2 aliphatic heterocycles. The van der Waals surface area contributed by atoms with Crippen molar-refractivity contribution in [3.8, 4) is 0 Å². The summed E-state index contributed by atoms with van der Waals surface area (Å²) >= 11 is 0. The molecule has 5 rings (SSSR count). The molecule has 2 saturated carbocycles. The zero-order chi connectivity index (χ0) is 21.5. The molecule has 0 aromatic heterocycles. The number of nitrogens with zero attached hydrogens (tertiary/aromatic N) is 1. The Hall–Kier alpha value is -2.21. The Morgan fingerprint density at radius 3 is 2.68 bits per heavy atom. The van der Waals surface area contributed by atoms with Gasteiger partial charge in [-0.05, 0) is 74.5 Å². The lowest BCUT2D eigenvalue weighted by atomic mass is 9.80. The van der Waals surface area contributed by atoms with Crippen LogP contribution in [0.15, 0.2) is 18.2 Å². The lowest BCUT2D eigenvalue weighted by molar-refractivity contribution is -0.136. The molecule has 0 bridgehead atoms. The van der Waals surface area contributed by atoms with Gasteiger partial charge in [-0.15, -0.1) is 0 Å². The van der Waals surface area contributed by atoms with Crippen molar-refractivity contribution in [1.29, 1.82) is 0 Å². The molecule has 2 heterocycles. The molecule has 3 fully saturated rings. The average molecular weight is 424 g/mol. The third-order valence-corrected chi connectivity index (χ3v) is 7.80. The number of piperidine rings is 1. The van der Waals surface area contributed by atoms with Crippen LogP contribution in [0, 0.1) is 11.8 Å². The van der Waals surface area contributed by atoms with Gasteiger partial charge in [-0.25, -0.2) is 0 Å². The summed E-state index contributed by atoms with van der Waals surface area (Å²) in [6.45, 7) is 2.80. The molecule has 2 N–H and O–H groups in total. The number of benzene rings is 1. The highest BCUT2D eigenvalue weighted by Gasteiger charge is 2.39. The molecule has 2 unspecified atom stereocenters. The molecule has 0 spiro atoms. The Balaban J connectivity index is 1.27. The molecule has 166 valence electrons. The lowest BCUT2D eigenvalue weighted by Gasteiger charge is -2.35. The summed E-state index contributed by atoms with van der Waals surface area (Å²) in [6, 6.07) is 6.87. The molecule has 4 aliphatic rings. The second kappa shape index (κ2) is 8.38. The molecule has 0 radical (unpaired) electrons. The molecule has 6 nitrogen and oxygen atoms in total.